The Kier molecular flexibility index (Phi) is 6.44. The second kappa shape index (κ2) is 9.23. The number of hydrogen-bond donors (Lipinski definition) is 0. The first kappa shape index (κ1) is 20.9. The molecule has 0 radical (unpaired) electrons. The summed E-state index contributed by atoms with van der Waals surface area (Å²) in [6.07, 6.45) is 1.83. The summed E-state index contributed by atoms with van der Waals surface area (Å²) < 4.78 is 6.30. The molecule has 0 bridgehead atoms. The number of rotatable bonds is 5. The molecule has 0 saturated carbocycles. The van der Waals surface area contributed by atoms with Crippen molar-refractivity contribution < 1.29 is 9.53 Å². The van der Waals surface area contributed by atoms with Gasteiger partial charge in [-0.1, -0.05) is 77.5 Å². The van der Waals surface area contributed by atoms with Gasteiger partial charge in [-0.2, -0.15) is 0 Å². The molecular formula is C23H15Cl2NO2S2. The van der Waals surface area contributed by atoms with Crippen molar-refractivity contribution in [2.45, 2.75) is 6.61 Å². The summed E-state index contributed by atoms with van der Waals surface area (Å²) in [6, 6.07) is 22.1. The molecule has 7 heteroatoms. The van der Waals surface area contributed by atoms with Crippen LogP contribution >= 0.6 is 47.2 Å². The Bertz CT molecular complexity index is 1130. The van der Waals surface area contributed by atoms with E-state index < -0.39 is 0 Å². The Labute approximate surface area is 194 Å². The van der Waals surface area contributed by atoms with Crippen molar-refractivity contribution >= 4 is 69.2 Å². The van der Waals surface area contributed by atoms with Crippen LogP contribution in [0.4, 0.5) is 5.69 Å². The van der Waals surface area contributed by atoms with Crippen LogP contribution in [0, 0.1) is 0 Å². The van der Waals surface area contributed by atoms with E-state index in [1.807, 2.05) is 54.6 Å². The molecule has 150 valence electrons. The van der Waals surface area contributed by atoms with Crippen molar-refractivity contribution in [3.05, 3.63) is 98.9 Å². The van der Waals surface area contributed by atoms with E-state index in [1.54, 1.807) is 24.3 Å². The van der Waals surface area contributed by atoms with E-state index in [4.69, 9.17) is 40.2 Å². The summed E-state index contributed by atoms with van der Waals surface area (Å²) in [7, 11) is 0. The van der Waals surface area contributed by atoms with Crippen molar-refractivity contribution in [3.63, 3.8) is 0 Å². The zero-order valence-electron chi connectivity index (χ0n) is 15.5. The van der Waals surface area contributed by atoms with Gasteiger partial charge in [-0.05, 0) is 54.1 Å². The van der Waals surface area contributed by atoms with Crippen LogP contribution < -0.4 is 9.64 Å². The van der Waals surface area contributed by atoms with Gasteiger partial charge in [-0.3, -0.25) is 9.69 Å². The second-order valence-electron chi connectivity index (χ2n) is 6.44. The number of nitrogens with zero attached hydrogens (tertiary/aromatic N) is 1. The van der Waals surface area contributed by atoms with E-state index in [2.05, 4.69) is 0 Å². The Hall–Kier alpha value is -2.31. The van der Waals surface area contributed by atoms with Crippen molar-refractivity contribution in [1.29, 1.82) is 0 Å². The van der Waals surface area contributed by atoms with Crippen molar-refractivity contribution in [2.75, 3.05) is 4.90 Å². The average molecular weight is 472 g/mol. The molecule has 1 saturated heterocycles. The number of carbonyl (C=O) groups excluding carboxylic acids is 1. The van der Waals surface area contributed by atoms with Crippen molar-refractivity contribution in [3.8, 4) is 5.75 Å². The molecule has 1 heterocycles. The average Bonchev–Trinajstić information content (AvgIpc) is 3.02. The predicted octanol–water partition coefficient (Wildman–Crippen LogP) is 6.98. The van der Waals surface area contributed by atoms with E-state index in [0.29, 0.717) is 31.6 Å². The standard InChI is InChI=1S/C23H15Cl2NO2S2/c24-17-7-9-18(10-8-17)26-22(27)21(30-23(26)29)13-15-5-11-19(12-6-15)28-14-16-3-1-2-4-20(16)25/h1-13H,14H2/b21-13-. The summed E-state index contributed by atoms with van der Waals surface area (Å²) in [5, 5.41) is 1.29. The predicted molar refractivity (Wildman–Crippen MR) is 129 cm³/mol. The lowest BCUT2D eigenvalue weighted by atomic mass is 10.2. The van der Waals surface area contributed by atoms with Crippen molar-refractivity contribution in [2.24, 2.45) is 0 Å². The lowest BCUT2D eigenvalue weighted by Gasteiger charge is -2.14. The number of thiocarbonyl (C=S) groups is 1. The van der Waals surface area contributed by atoms with Crippen LogP contribution in [0.1, 0.15) is 11.1 Å². The fraction of sp³-hybridized carbons (Fsp3) is 0.0435. The molecule has 1 fully saturated rings. The maximum Gasteiger partial charge on any atom is 0.270 e. The molecule has 3 aromatic rings. The highest BCUT2D eigenvalue weighted by Crippen LogP contribution is 2.36. The molecule has 0 unspecified atom stereocenters. The van der Waals surface area contributed by atoms with Gasteiger partial charge in [0.15, 0.2) is 4.32 Å². The SMILES string of the molecule is O=C1/C(=C/c2ccc(OCc3ccccc3Cl)cc2)SC(=S)N1c1ccc(Cl)cc1. The van der Waals surface area contributed by atoms with Gasteiger partial charge >= 0.3 is 0 Å². The van der Waals surface area contributed by atoms with Gasteiger partial charge in [0, 0.05) is 15.6 Å². The zero-order chi connectivity index (χ0) is 21.1. The lowest BCUT2D eigenvalue weighted by molar-refractivity contribution is -0.113. The molecule has 3 aromatic carbocycles. The number of anilines is 1. The minimum absolute atomic E-state index is 0.147. The van der Waals surface area contributed by atoms with E-state index in [9.17, 15) is 4.79 Å². The number of amides is 1. The molecule has 0 N–H and O–H groups in total. The molecule has 1 amide bonds. The third-order valence-corrected chi connectivity index (χ3v) is 6.33. The summed E-state index contributed by atoms with van der Waals surface area (Å²) in [4.78, 5) is 14.9. The maximum atomic E-state index is 12.8. The minimum atomic E-state index is -0.147. The highest BCUT2D eigenvalue weighted by Gasteiger charge is 2.33. The summed E-state index contributed by atoms with van der Waals surface area (Å²) in [6.45, 7) is 0.388. The smallest absolute Gasteiger partial charge is 0.270 e. The van der Waals surface area contributed by atoms with Crippen molar-refractivity contribution in [1.82, 2.24) is 0 Å². The Balaban J connectivity index is 1.46. The number of benzene rings is 3. The van der Waals surface area contributed by atoms with Crippen LogP contribution in [0.5, 0.6) is 5.75 Å². The van der Waals surface area contributed by atoms with Gasteiger partial charge in [0.25, 0.3) is 5.91 Å². The molecule has 1 aliphatic heterocycles. The quantitative estimate of drug-likeness (QED) is 0.296. The molecular weight excluding hydrogens is 457 g/mol. The second-order valence-corrected chi connectivity index (χ2v) is 8.96. The number of thioether (sulfide) groups is 1. The molecule has 0 aromatic heterocycles. The largest absolute Gasteiger partial charge is 0.489 e. The number of carbonyl (C=O) groups is 1. The van der Waals surface area contributed by atoms with Crippen LogP contribution in [0.2, 0.25) is 10.0 Å². The fourth-order valence-corrected chi connectivity index (χ4v) is 4.48. The summed E-state index contributed by atoms with van der Waals surface area (Å²) >= 11 is 18.8. The lowest BCUT2D eigenvalue weighted by Crippen LogP contribution is -2.27. The monoisotopic (exact) mass is 471 g/mol. The van der Waals surface area contributed by atoms with Gasteiger partial charge in [0.1, 0.15) is 12.4 Å². The first-order valence-electron chi connectivity index (χ1n) is 9.01. The van der Waals surface area contributed by atoms with Crippen LogP contribution in [-0.2, 0) is 11.4 Å². The topological polar surface area (TPSA) is 29.5 Å². The van der Waals surface area contributed by atoms with Gasteiger partial charge in [-0.15, -0.1) is 0 Å². The third kappa shape index (κ3) is 4.71. The van der Waals surface area contributed by atoms with Gasteiger partial charge in [0.2, 0.25) is 0 Å². The van der Waals surface area contributed by atoms with E-state index in [0.717, 1.165) is 16.9 Å². The fourth-order valence-electron chi connectivity index (χ4n) is 2.87. The Morgan fingerprint density at radius 3 is 2.37 bits per heavy atom. The van der Waals surface area contributed by atoms with Crippen LogP contribution in [0.15, 0.2) is 77.7 Å². The highest BCUT2D eigenvalue weighted by atomic mass is 35.5. The van der Waals surface area contributed by atoms with E-state index >= 15 is 0 Å². The highest BCUT2D eigenvalue weighted by molar-refractivity contribution is 8.27. The van der Waals surface area contributed by atoms with Crippen LogP contribution in [-0.4, -0.2) is 10.2 Å². The molecule has 4 rings (SSSR count). The first-order chi connectivity index (χ1) is 14.5. The minimum Gasteiger partial charge on any atom is -0.489 e. The maximum absolute atomic E-state index is 12.8. The molecule has 1 aliphatic rings. The number of hydrogen-bond acceptors (Lipinski definition) is 4. The van der Waals surface area contributed by atoms with Gasteiger partial charge in [-0.25, -0.2) is 0 Å². The Morgan fingerprint density at radius 1 is 0.967 bits per heavy atom. The molecule has 0 atom stereocenters. The summed E-state index contributed by atoms with van der Waals surface area (Å²) in [5.41, 5.74) is 2.51. The van der Waals surface area contributed by atoms with E-state index in [-0.39, 0.29) is 5.91 Å². The molecule has 0 aliphatic carbocycles. The number of ether oxygens (including phenoxy) is 1. The van der Waals surface area contributed by atoms with Crippen LogP contribution in [0.25, 0.3) is 6.08 Å². The first-order valence-corrected chi connectivity index (χ1v) is 11.0. The summed E-state index contributed by atoms with van der Waals surface area (Å²) in [5.74, 6) is 0.576. The van der Waals surface area contributed by atoms with Crippen LogP contribution in [0.3, 0.4) is 0 Å². The molecule has 3 nitrogen and oxygen atoms in total. The number of halogens is 2. The Morgan fingerprint density at radius 2 is 1.67 bits per heavy atom. The zero-order valence-corrected chi connectivity index (χ0v) is 18.7. The normalized spacial score (nSPS) is 15.1. The van der Waals surface area contributed by atoms with E-state index in [1.165, 1.54) is 16.7 Å². The molecule has 30 heavy (non-hydrogen) atoms. The van der Waals surface area contributed by atoms with Gasteiger partial charge < -0.3 is 4.74 Å². The molecule has 0 spiro atoms. The van der Waals surface area contributed by atoms with Gasteiger partial charge in [0.05, 0.1) is 10.6 Å². The third-order valence-electron chi connectivity index (χ3n) is 4.41.